The maximum Gasteiger partial charge on any atom is 0.249 e. The third-order valence-electron chi connectivity index (χ3n) is 2.82. The van der Waals surface area contributed by atoms with Crippen LogP contribution in [0.25, 0.3) is 0 Å². The van der Waals surface area contributed by atoms with E-state index in [0.29, 0.717) is 11.5 Å². The van der Waals surface area contributed by atoms with E-state index in [1.54, 1.807) is 0 Å². The van der Waals surface area contributed by atoms with E-state index in [0.717, 1.165) is 19.4 Å². The monoisotopic (exact) mass is 169 g/mol. The zero-order valence-electron chi connectivity index (χ0n) is 7.59. The topological polar surface area (TPSA) is 38.3 Å². The van der Waals surface area contributed by atoms with Crippen LogP contribution < -0.4 is 5.32 Å². The normalized spacial score (nSPS) is 36.8. The van der Waals surface area contributed by atoms with Gasteiger partial charge in [-0.3, -0.25) is 4.79 Å². The maximum absolute atomic E-state index is 11.3. The van der Waals surface area contributed by atoms with Crippen LogP contribution in [0.4, 0.5) is 0 Å². The second-order valence-electron chi connectivity index (χ2n) is 4.40. The van der Waals surface area contributed by atoms with Crippen molar-refractivity contribution in [3.63, 3.8) is 0 Å². The van der Waals surface area contributed by atoms with Crippen molar-refractivity contribution in [3.05, 3.63) is 0 Å². The quantitative estimate of drug-likeness (QED) is 0.660. The van der Waals surface area contributed by atoms with Gasteiger partial charge in [-0.05, 0) is 11.8 Å². The second kappa shape index (κ2) is 2.46. The molecular formula is C9H15NO2. The molecule has 1 aliphatic heterocycles. The molecule has 1 saturated heterocycles. The first-order chi connectivity index (χ1) is 5.59. The van der Waals surface area contributed by atoms with Gasteiger partial charge in [0.2, 0.25) is 5.91 Å². The van der Waals surface area contributed by atoms with Gasteiger partial charge in [0.25, 0.3) is 0 Å². The summed E-state index contributed by atoms with van der Waals surface area (Å²) in [6, 6.07) is 0.384. The molecule has 1 aliphatic carbocycles. The van der Waals surface area contributed by atoms with Crippen molar-refractivity contribution in [2.24, 2.45) is 5.41 Å². The number of rotatable bonds is 2. The van der Waals surface area contributed by atoms with Gasteiger partial charge >= 0.3 is 0 Å². The van der Waals surface area contributed by atoms with Gasteiger partial charge < -0.3 is 10.1 Å². The predicted octanol–water partition coefficient (Wildman–Crippen LogP) is 0.690. The zero-order valence-corrected chi connectivity index (χ0v) is 7.59. The summed E-state index contributed by atoms with van der Waals surface area (Å²) in [5.74, 6) is 0.0804. The van der Waals surface area contributed by atoms with Crippen LogP contribution in [0.5, 0.6) is 0 Å². The van der Waals surface area contributed by atoms with Crippen LogP contribution in [0.2, 0.25) is 0 Å². The van der Waals surface area contributed by atoms with Gasteiger partial charge in [0, 0.05) is 12.5 Å². The molecule has 0 aromatic rings. The van der Waals surface area contributed by atoms with Crippen molar-refractivity contribution in [2.75, 3.05) is 6.61 Å². The van der Waals surface area contributed by atoms with Crippen molar-refractivity contribution in [2.45, 2.75) is 38.8 Å². The van der Waals surface area contributed by atoms with E-state index in [2.05, 4.69) is 19.2 Å². The Labute approximate surface area is 72.5 Å². The average Bonchev–Trinajstić information content (AvgIpc) is 2.33. The summed E-state index contributed by atoms with van der Waals surface area (Å²) in [5.41, 5.74) is 0.319. The highest BCUT2D eigenvalue weighted by molar-refractivity contribution is 5.82. The lowest BCUT2D eigenvalue weighted by Crippen LogP contribution is -2.44. The third kappa shape index (κ3) is 1.33. The van der Waals surface area contributed by atoms with Crippen LogP contribution in [0.15, 0.2) is 0 Å². The van der Waals surface area contributed by atoms with Crippen LogP contribution in [-0.2, 0) is 9.53 Å². The molecule has 1 saturated carbocycles. The Kier molecular flexibility index (Phi) is 1.65. The summed E-state index contributed by atoms with van der Waals surface area (Å²) in [7, 11) is 0. The number of carbonyl (C=O) groups excluding carboxylic acids is 1. The minimum atomic E-state index is -0.151. The maximum atomic E-state index is 11.3. The molecule has 0 aromatic carbocycles. The molecule has 2 unspecified atom stereocenters. The highest BCUT2D eigenvalue weighted by Crippen LogP contribution is 2.44. The van der Waals surface area contributed by atoms with Crippen LogP contribution in [-0.4, -0.2) is 24.7 Å². The third-order valence-corrected chi connectivity index (χ3v) is 2.82. The standard InChI is InChI=1S/C9H15NO2/c1-9(2)5-7(9)10-8(11)6-3-4-12-6/h6-7H,3-5H2,1-2H3,(H,10,11). The Bertz CT molecular complexity index is 209. The summed E-state index contributed by atoms with van der Waals surface area (Å²) in [4.78, 5) is 11.3. The van der Waals surface area contributed by atoms with E-state index >= 15 is 0 Å². The van der Waals surface area contributed by atoms with E-state index in [4.69, 9.17) is 4.74 Å². The SMILES string of the molecule is CC1(C)CC1NC(=O)C1CCO1. The number of nitrogens with one attached hydrogen (secondary N) is 1. The van der Waals surface area contributed by atoms with E-state index < -0.39 is 0 Å². The molecule has 3 heteroatoms. The van der Waals surface area contributed by atoms with Gasteiger partial charge in [-0.1, -0.05) is 13.8 Å². The molecule has 12 heavy (non-hydrogen) atoms. The van der Waals surface area contributed by atoms with Crippen LogP contribution in [0.1, 0.15) is 26.7 Å². The molecular weight excluding hydrogens is 154 g/mol. The predicted molar refractivity (Wildman–Crippen MR) is 44.7 cm³/mol. The smallest absolute Gasteiger partial charge is 0.249 e. The lowest BCUT2D eigenvalue weighted by molar-refractivity contribution is -0.145. The van der Waals surface area contributed by atoms with Crippen molar-refractivity contribution in [1.29, 1.82) is 0 Å². The highest BCUT2D eigenvalue weighted by Gasteiger charge is 2.47. The van der Waals surface area contributed by atoms with E-state index in [1.165, 1.54) is 0 Å². The number of amides is 1. The molecule has 68 valence electrons. The van der Waals surface area contributed by atoms with Crippen LogP contribution in [0, 0.1) is 5.41 Å². The fourth-order valence-electron chi connectivity index (χ4n) is 1.42. The van der Waals surface area contributed by atoms with E-state index in [1.807, 2.05) is 0 Å². The minimum Gasteiger partial charge on any atom is -0.368 e. The first-order valence-corrected chi connectivity index (χ1v) is 4.51. The fraction of sp³-hybridized carbons (Fsp3) is 0.889. The molecule has 2 atom stereocenters. The molecule has 3 nitrogen and oxygen atoms in total. The van der Waals surface area contributed by atoms with Gasteiger partial charge in [0.1, 0.15) is 6.10 Å². The largest absolute Gasteiger partial charge is 0.368 e. The van der Waals surface area contributed by atoms with E-state index in [9.17, 15) is 4.79 Å². The molecule has 0 radical (unpaired) electrons. The van der Waals surface area contributed by atoms with Crippen molar-refractivity contribution >= 4 is 5.91 Å². The van der Waals surface area contributed by atoms with Crippen LogP contribution >= 0.6 is 0 Å². The van der Waals surface area contributed by atoms with Gasteiger partial charge in [0.05, 0.1) is 6.61 Å². The van der Waals surface area contributed by atoms with Gasteiger partial charge in [-0.25, -0.2) is 0 Å². The van der Waals surface area contributed by atoms with Crippen LogP contribution in [0.3, 0.4) is 0 Å². The van der Waals surface area contributed by atoms with Gasteiger partial charge in [-0.15, -0.1) is 0 Å². The molecule has 2 fully saturated rings. The van der Waals surface area contributed by atoms with Crippen molar-refractivity contribution < 1.29 is 9.53 Å². The Balaban J connectivity index is 1.77. The highest BCUT2D eigenvalue weighted by atomic mass is 16.5. The number of carbonyl (C=O) groups is 1. The summed E-state index contributed by atoms with van der Waals surface area (Å²) >= 11 is 0. The molecule has 1 heterocycles. The fourth-order valence-corrected chi connectivity index (χ4v) is 1.42. The summed E-state index contributed by atoms with van der Waals surface area (Å²) in [5, 5.41) is 2.98. The molecule has 0 spiro atoms. The summed E-state index contributed by atoms with van der Waals surface area (Å²) in [6.45, 7) is 5.07. The lowest BCUT2D eigenvalue weighted by atomic mass is 10.1. The van der Waals surface area contributed by atoms with Gasteiger partial charge in [0.15, 0.2) is 0 Å². The van der Waals surface area contributed by atoms with Gasteiger partial charge in [-0.2, -0.15) is 0 Å². The first kappa shape index (κ1) is 8.05. The van der Waals surface area contributed by atoms with Crippen molar-refractivity contribution in [1.82, 2.24) is 5.32 Å². The molecule has 2 aliphatic rings. The number of hydrogen-bond acceptors (Lipinski definition) is 2. The molecule has 0 aromatic heterocycles. The van der Waals surface area contributed by atoms with Crippen molar-refractivity contribution in [3.8, 4) is 0 Å². The Morgan fingerprint density at radius 3 is 2.50 bits per heavy atom. The minimum absolute atomic E-state index is 0.0804. The zero-order chi connectivity index (χ0) is 8.77. The summed E-state index contributed by atoms with van der Waals surface area (Å²) < 4.78 is 5.08. The Morgan fingerprint density at radius 2 is 2.17 bits per heavy atom. The molecule has 1 amide bonds. The first-order valence-electron chi connectivity index (χ1n) is 4.51. The Morgan fingerprint density at radius 1 is 1.58 bits per heavy atom. The average molecular weight is 169 g/mol. The van der Waals surface area contributed by atoms with E-state index in [-0.39, 0.29) is 12.0 Å². The molecule has 1 N–H and O–H groups in total. The Hall–Kier alpha value is -0.570. The number of hydrogen-bond donors (Lipinski definition) is 1. The second-order valence-corrected chi connectivity index (χ2v) is 4.40. The number of ether oxygens (including phenoxy) is 1. The lowest BCUT2D eigenvalue weighted by Gasteiger charge is -2.25. The molecule has 0 bridgehead atoms. The summed E-state index contributed by atoms with van der Waals surface area (Å²) in [6.07, 6.45) is 1.84. The molecule has 2 rings (SSSR count).